The predicted molar refractivity (Wildman–Crippen MR) is 152 cm³/mol. The van der Waals surface area contributed by atoms with Gasteiger partial charge in [0, 0.05) is 10.0 Å². The van der Waals surface area contributed by atoms with Crippen LogP contribution in [0, 0.1) is 13.8 Å². The molecule has 0 heterocycles. The Morgan fingerprint density at radius 2 is 1.03 bits per heavy atom. The van der Waals surface area contributed by atoms with E-state index in [4.69, 9.17) is 23.2 Å². The zero-order chi connectivity index (χ0) is 25.8. The smallest absolute Gasteiger partial charge is 0.207 e. The Bertz CT molecular complexity index is 1020. The second-order valence-electron chi connectivity index (χ2n) is 9.36. The fourth-order valence-corrected chi connectivity index (χ4v) is 7.01. The molecule has 35 heavy (non-hydrogen) atoms. The molecule has 2 aromatic rings. The number of aryl methyl sites for hydroxylation is 2. The highest BCUT2D eigenvalue weighted by molar-refractivity contribution is 7.91. The summed E-state index contributed by atoms with van der Waals surface area (Å²) in [5.41, 5.74) is 3.56. The lowest BCUT2D eigenvalue weighted by Gasteiger charge is -2.17. The Balaban J connectivity index is 2.26. The van der Waals surface area contributed by atoms with Crippen molar-refractivity contribution < 1.29 is 8.42 Å². The van der Waals surface area contributed by atoms with E-state index in [0.29, 0.717) is 10.0 Å². The van der Waals surface area contributed by atoms with Gasteiger partial charge in [-0.15, -0.1) is 13.2 Å². The minimum absolute atomic E-state index is 0.285. The molecule has 0 N–H and O–H groups in total. The van der Waals surface area contributed by atoms with Gasteiger partial charge in [-0.05, 0) is 112 Å². The zero-order valence-electron chi connectivity index (χ0n) is 21.3. The van der Waals surface area contributed by atoms with Gasteiger partial charge in [0.25, 0.3) is 0 Å². The molecule has 0 aromatic heterocycles. The van der Waals surface area contributed by atoms with Gasteiger partial charge in [0.2, 0.25) is 9.84 Å². The van der Waals surface area contributed by atoms with Gasteiger partial charge >= 0.3 is 0 Å². The highest BCUT2D eigenvalue weighted by atomic mass is 35.5. The summed E-state index contributed by atoms with van der Waals surface area (Å²) in [4.78, 5) is 0.569. The molecular formula is C30H40Cl2O2S. The topological polar surface area (TPSA) is 34.1 Å². The summed E-state index contributed by atoms with van der Waals surface area (Å²) in [5.74, 6) is 0. The van der Waals surface area contributed by atoms with Crippen molar-refractivity contribution in [1.82, 2.24) is 0 Å². The predicted octanol–water partition coefficient (Wildman–Crippen LogP) is 9.80. The summed E-state index contributed by atoms with van der Waals surface area (Å²) in [6.45, 7) is 11.3. The minimum atomic E-state index is -3.77. The summed E-state index contributed by atoms with van der Waals surface area (Å²) in [5, 5.41) is 0.908. The third-order valence-electron chi connectivity index (χ3n) is 6.65. The maximum atomic E-state index is 13.8. The van der Waals surface area contributed by atoms with E-state index in [0.717, 1.165) is 99.3 Å². The Morgan fingerprint density at radius 1 is 0.657 bits per heavy atom. The fraction of sp³-hybridized carbons (Fsp3) is 0.467. The number of benzene rings is 2. The van der Waals surface area contributed by atoms with Gasteiger partial charge in [-0.25, -0.2) is 8.42 Å². The average Bonchev–Trinajstić information content (AvgIpc) is 2.81. The molecule has 0 aliphatic carbocycles. The number of hydrogen-bond acceptors (Lipinski definition) is 2. The van der Waals surface area contributed by atoms with Crippen LogP contribution in [-0.4, -0.2) is 8.42 Å². The van der Waals surface area contributed by atoms with Crippen molar-refractivity contribution in [1.29, 1.82) is 0 Å². The van der Waals surface area contributed by atoms with Gasteiger partial charge in [0.1, 0.15) is 0 Å². The van der Waals surface area contributed by atoms with Crippen LogP contribution in [-0.2, 0) is 22.7 Å². The Hall–Kier alpha value is -1.55. The maximum Gasteiger partial charge on any atom is 0.207 e. The summed E-state index contributed by atoms with van der Waals surface area (Å²) >= 11 is 12.8. The first-order chi connectivity index (χ1) is 16.7. The van der Waals surface area contributed by atoms with E-state index in [1.807, 2.05) is 38.1 Å². The monoisotopic (exact) mass is 534 g/mol. The van der Waals surface area contributed by atoms with Crippen LogP contribution in [0.15, 0.2) is 59.4 Å². The first-order valence-corrected chi connectivity index (χ1v) is 15.0. The highest BCUT2D eigenvalue weighted by Gasteiger charge is 2.25. The number of allylic oxidation sites excluding steroid dienone is 2. The van der Waals surface area contributed by atoms with Crippen molar-refractivity contribution in [2.45, 2.75) is 101 Å². The molecule has 0 aliphatic heterocycles. The standard InChI is InChI=1S/C30H40Cl2O2S/c1-5-7-9-11-13-15-17-25-19-27(31)21-29(23(25)3)35(33,34)30-22-28(32)20-26(24(30)4)18-16-14-12-10-8-6-2/h5-6,19-22H,1-2,7-18H2,3-4H3. The number of halogens is 2. The number of rotatable bonds is 16. The molecule has 0 spiro atoms. The summed E-state index contributed by atoms with van der Waals surface area (Å²) in [6.07, 6.45) is 16.4. The third-order valence-corrected chi connectivity index (χ3v) is 9.10. The molecule has 0 bridgehead atoms. The molecule has 0 fully saturated rings. The maximum absolute atomic E-state index is 13.8. The van der Waals surface area contributed by atoms with Crippen LogP contribution in [0.4, 0.5) is 0 Å². The summed E-state index contributed by atoms with van der Waals surface area (Å²) in [7, 11) is -3.77. The normalized spacial score (nSPS) is 11.5. The molecule has 0 unspecified atom stereocenters. The molecule has 0 saturated heterocycles. The van der Waals surface area contributed by atoms with Crippen LogP contribution in [0.1, 0.15) is 86.5 Å². The van der Waals surface area contributed by atoms with Crippen molar-refractivity contribution >= 4 is 33.0 Å². The minimum Gasteiger partial charge on any atom is -0.218 e. The van der Waals surface area contributed by atoms with Crippen LogP contribution >= 0.6 is 23.2 Å². The highest BCUT2D eigenvalue weighted by Crippen LogP contribution is 2.34. The number of unbranched alkanes of at least 4 members (excludes halogenated alkanes) is 8. The van der Waals surface area contributed by atoms with Gasteiger partial charge in [-0.2, -0.15) is 0 Å². The van der Waals surface area contributed by atoms with Crippen molar-refractivity contribution in [3.63, 3.8) is 0 Å². The Kier molecular flexibility index (Phi) is 12.6. The van der Waals surface area contributed by atoms with Crippen molar-refractivity contribution in [2.75, 3.05) is 0 Å². The molecule has 5 heteroatoms. The van der Waals surface area contributed by atoms with Gasteiger partial charge in [-0.1, -0.05) is 61.0 Å². The van der Waals surface area contributed by atoms with Gasteiger partial charge in [0.15, 0.2) is 0 Å². The fourth-order valence-electron chi connectivity index (χ4n) is 4.53. The molecule has 2 rings (SSSR count). The van der Waals surface area contributed by atoms with E-state index < -0.39 is 9.84 Å². The molecule has 2 nitrogen and oxygen atoms in total. The first kappa shape index (κ1) is 29.7. The van der Waals surface area contributed by atoms with E-state index in [1.165, 1.54) is 0 Å². The molecular weight excluding hydrogens is 495 g/mol. The van der Waals surface area contributed by atoms with Gasteiger partial charge < -0.3 is 0 Å². The second-order valence-corrected chi connectivity index (χ2v) is 12.1. The molecule has 192 valence electrons. The zero-order valence-corrected chi connectivity index (χ0v) is 23.7. The summed E-state index contributed by atoms with van der Waals surface area (Å²) in [6, 6.07) is 6.98. The van der Waals surface area contributed by atoms with E-state index in [-0.39, 0.29) is 9.79 Å². The van der Waals surface area contributed by atoms with Crippen molar-refractivity contribution in [2.24, 2.45) is 0 Å². The van der Waals surface area contributed by atoms with Crippen LogP contribution < -0.4 is 0 Å². The van der Waals surface area contributed by atoms with E-state index >= 15 is 0 Å². The lowest BCUT2D eigenvalue weighted by Crippen LogP contribution is -2.09. The SMILES string of the molecule is C=CCCCCCCc1cc(Cl)cc(S(=O)(=O)c2cc(Cl)cc(CCCCCCC=C)c2C)c1C. The quantitative estimate of drug-likeness (QED) is 0.158. The Morgan fingerprint density at radius 3 is 1.40 bits per heavy atom. The van der Waals surface area contributed by atoms with Gasteiger partial charge in [0.05, 0.1) is 9.79 Å². The molecule has 0 atom stereocenters. The Labute approximate surface area is 223 Å². The molecule has 0 aliphatic rings. The van der Waals surface area contributed by atoms with Crippen LogP contribution in [0.5, 0.6) is 0 Å². The average molecular weight is 536 g/mol. The van der Waals surface area contributed by atoms with E-state index in [2.05, 4.69) is 13.2 Å². The second kappa shape index (κ2) is 14.9. The molecule has 0 amide bonds. The van der Waals surface area contributed by atoms with E-state index in [9.17, 15) is 8.42 Å². The summed E-state index contributed by atoms with van der Waals surface area (Å²) < 4.78 is 27.7. The molecule has 0 saturated carbocycles. The molecule has 2 aromatic carbocycles. The van der Waals surface area contributed by atoms with Crippen molar-refractivity contribution in [3.05, 3.63) is 81.9 Å². The third kappa shape index (κ3) is 8.81. The largest absolute Gasteiger partial charge is 0.218 e. The lowest BCUT2D eigenvalue weighted by molar-refractivity contribution is 0.593. The van der Waals surface area contributed by atoms with E-state index in [1.54, 1.807) is 12.1 Å². The number of hydrogen-bond donors (Lipinski definition) is 0. The lowest BCUT2D eigenvalue weighted by atomic mass is 10.0. The number of sulfone groups is 1. The van der Waals surface area contributed by atoms with Crippen LogP contribution in [0.2, 0.25) is 10.0 Å². The van der Waals surface area contributed by atoms with Crippen LogP contribution in [0.3, 0.4) is 0 Å². The van der Waals surface area contributed by atoms with Crippen LogP contribution in [0.25, 0.3) is 0 Å². The van der Waals surface area contributed by atoms with Crippen molar-refractivity contribution in [3.8, 4) is 0 Å². The van der Waals surface area contributed by atoms with Gasteiger partial charge in [-0.3, -0.25) is 0 Å². The first-order valence-electron chi connectivity index (χ1n) is 12.8. The molecule has 0 radical (unpaired) electrons.